The highest BCUT2D eigenvalue weighted by Gasteiger charge is 2.19. The lowest BCUT2D eigenvalue weighted by Crippen LogP contribution is -2.10. The number of hydrogen-bond acceptors (Lipinski definition) is 4. The minimum absolute atomic E-state index is 0.135. The van der Waals surface area contributed by atoms with Gasteiger partial charge in [0.1, 0.15) is 5.76 Å². The molecular weight excluding hydrogens is 198 g/mol. The van der Waals surface area contributed by atoms with Crippen molar-refractivity contribution in [1.29, 1.82) is 0 Å². The van der Waals surface area contributed by atoms with Crippen LogP contribution in [0.3, 0.4) is 0 Å². The summed E-state index contributed by atoms with van der Waals surface area (Å²) in [6.45, 7) is 5.93. The summed E-state index contributed by atoms with van der Waals surface area (Å²) < 4.78 is 9.68. The van der Waals surface area contributed by atoms with Gasteiger partial charge in [-0.1, -0.05) is 13.8 Å². The predicted molar refractivity (Wildman–Crippen MR) is 53.8 cm³/mol. The molecule has 0 atom stereocenters. The zero-order chi connectivity index (χ0) is 11.4. The molecule has 1 heterocycles. The smallest absolute Gasteiger partial charge is 0.417 e. The van der Waals surface area contributed by atoms with E-state index in [4.69, 9.17) is 9.15 Å². The second-order valence-electron chi connectivity index (χ2n) is 3.63. The third-order valence-corrected chi connectivity index (χ3v) is 1.79. The van der Waals surface area contributed by atoms with E-state index < -0.39 is 11.7 Å². The molecule has 84 valence electrons. The topological polar surface area (TPSA) is 72.3 Å². The molecule has 1 aromatic rings. The van der Waals surface area contributed by atoms with Gasteiger partial charge in [0, 0.05) is 6.42 Å². The number of carbonyl (C=O) groups excluding carboxylic acids is 1. The van der Waals surface area contributed by atoms with Crippen LogP contribution in [0.25, 0.3) is 0 Å². The van der Waals surface area contributed by atoms with Crippen LogP contribution in [0.15, 0.2) is 9.21 Å². The molecule has 0 aliphatic carbocycles. The van der Waals surface area contributed by atoms with Crippen LogP contribution in [0.2, 0.25) is 0 Å². The quantitative estimate of drug-likeness (QED) is 0.766. The Hall–Kier alpha value is -1.52. The van der Waals surface area contributed by atoms with Gasteiger partial charge in [0.15, 0.2) is 5.69 Å². The molecule has 0 spiro atoms. The zero-order valence-corrected chi connectivity index (χ0v) is 9.12. The largest absolute Gasteiger partial charge is 0.461 e. The Morgan fingerprint density at radius 2 is 2.20 bits per heavy atom. The zero-order valence-electron chi connectivity index (χ0n) is 9.12. The number of oxazole rings is 1. The van der Waals surface area contributed by atoms with Crippen LogP contribution in [0.5, 0.6) is 0 Å². The minimum atomic E-state index is -0.617. The van der Waals surface area contributed by atoms with Gasteiger partial charge in [-0.25, -0.2) is 9.59 Å². The fourth-order valence-electron chi connectivity index (χ4n) is 1.24. The van der Waals surface area contributed by atoms with Crippen molar-refractivity contribution in [2.24, 2.45) is 5.92 Å². The Balaban J connectivity index is 2.95. The summed E-state index contributed by atoms with van der Waals surface area (Å²) in [7, 11) is 0. The Morgan fingerprint density at radius 3 is 2.73 bits per heavy atom. The number of ether oxygens (including phenoxy) is 1. The molecule has 0 amide bonds. The predicted octanol–water partition coefficient (Wildman–Crippen LogP) is 1.34. The average molecular weight is 213 g/mol. The normalized spacial score (nSPS) is 10.7. The summed E-state index contributed by atoms with van der Waals surface area (Å²) in [6, 6.07) is 0. The lowest BCUT2D eigenvalue weighted by atomic mass is 10.1. The first-order valence-corrected chi connectivity index (χ1v) is 4.93. The number of nitrogens with one attached hydrogen (secondary N) is 1. The van der Waals surface area contributed by atoms with Gasteiger partial charge in [0.2, 0.25) is 0 Å². The lowest BCUT2D eigenvalue weighted by molar-refractivity contribution is 0.0517. The SMILES string of the molecule is CCOC(=O)c1[nH]c(=O)oc1CC(C)C. The molecule has 0 aliphatic rings. The van der Waals surface area contributed by atoms with E-state index in [-0.39, 0.29) is 12.3 Å². The van der Waals surface area contributed by atoms with Crippen molar-refractivity contribution in [3.05, 3.63) is 22.0 Å². The molecule has 0 aromatic carbocycles. The molecule has 0 radical (unpaired) electrons. The van der Waals surface area contributed by atoms with Crippen molar-refractivity contribution in [2.75, 3.05) is 6.61 Å². The maximum atomic E-state index is 11.4. The summed E-state index contributed by atoms with van der Waals surface area (Å²) in [5.41, 5.74) is 0.135. The van der Waals surface area contributed by atoms with Crippen molar-refractivity contribution in [1.82, 2.24) is 4.98 Å². The number of aromatic nitrogens is 1. The first-order chi connectivity index (χ1) is 7.04. The number of hydrogen-bond donors (Lipinski definition) is 1. The van der Waals surface area contributed by atoms with Crippen molar-refractivity contribution in [3.63, 3.8) is 0 Å². The maximum Gasteiger partial charge on any atom is 0.417 e. The molecule has 0 saturated heterocycles. The van der Waals surface area contributed by atoms with Crippen LogP contribution in [0, 0.1) is 5.92 Å². The van der Waals surface area contributed by atoms with Crippen molar-refractivity contribution >= 4 is 5.97 Å². The molecule has 5 heteroatoms. The van der Waals surface area contributed by atoms with Gasteiger partial charge in [-0.15, -0.1) is 0 Å². The van der Waals surface area contributed by atoms with E-state index in [9.17, 15) is 9.59 Å². The number of esters is 1. The standard InChI is InChI=1S/C10H15NO4/c1-4-14-9(12)8-7(5-6(2)3)15-10(13)11-8/h6H,4-5H2,1-3H3,(H,11,13). The number of H-pyrrole nitrogens is 1. The summed E-state index contributed by atoms with van der Waals surface area (Å²) in [5, 5.41) is 0. The van der Waals surface area contributed by atoms with Gasteiger partial charge in [-0.05, 0) is 12.8 Å². The van der Waals surface area contributed by atoms with Crippen LogP contribution in [-0.4, -0.2) is 17.6 Å². The van der Waals surface area contributed by atoms with E-state index in [1.165, 1.54) is 0 Å². The van der Waals surface area contributed by atoms with Crippen LogP contribution >= 0.6 is 0 Å². The third kappa shape index (κ3) is 2.97. The fraction of sp³-hybridized carbons (Fsp3) is 0.600. The molecular formula is C10H15NO4. The van der Waals surface area contributed by atoms with E-state index >= 15 is 0 Å². The summed E-state index contributed by atoms with van der Waals surface area (Å²) in [5.74, 6) is -0.488. The number of aromatic amines is 1. The second kappa shape index (κ2) is 4.82. The van der Waals surface area contributed by atoms with Gasteiger partial charge < -0.3 is 9.15 Å². The monoisotopic (exact) mass is 213 g/mol. The van der Waals surface area contributed by atoms with Gasteiger partial charge in [-0.3, -0.25) is 4.98 Å². The van der Waals surface area contributed by atoms with Crippen molar-refractivity contribution in [2.45, 2.75) is 27.2 Å². The highest BCUT2D eigenvalue weighted by atomic mass is 16.5. The molecule has 0 saturated carbocycles. The molecule has 5 nitrogen and oxygen atoms in total. The highest BCUT2D eigenvalue weighted by Crippen LogP contribution is 2.11. The molecule has 0 aliphatic heterocycles. The average Bonchev–Trinajstić information content (AvgIpc) is 2.46. The minimum Gasteiger partial charge on any atom is -0.461 e. The Morgan fingerprint density at radius 1 is 1.53 bits per heavy atom. The van der Waals surface area contributed by atoms with Crippen molar-refractivity contribution in [3.8, 4) is 0 Å². The Bertz CT molecular complexity index is 388. The molecule has 15 heavy (non-hydrogen) atoms. The lowest BCUT2D eigenvalue weighted by Gasteiger charge is -2.03. The van der Waals surface area contributed by atoms with E-state index in [0.717, 1.165) is 0 Å². The number of carbonyl (C=O) groups is 1. The summed E-state index contributed by atoms with van der Waals surface area (Å²) >= 11 is 0. The van der Waals surface area contributed by atoms with E-state index in [1.54, 1.807) is 6.92 Å². The van der Waals surface area contributed by atoms with Gasteiger partial charge >= 0.3 is 11.7 Å². The fourth-order valence-corrected chi connectivity index (χ4v) is 1.24. The van der Waals surface area contributed by atoms with E-state index in [0.29, 0.717) is 18.1 Å². The Labute approximate surface area is 87.4 Å². The number of rotatable bonds is 4. The van der Waals surface area contributed by atoms with Crippen LogP contribution in [0.1, 0.15) is 37.0 Å². The molecule has 1 aromatic heterocycles. The van der Waals surface area contributed by atoms with Crippen LogP contribution in [0.4, 0.5) is 0 Å². The molecule has 0 fully saturated rings. The highest BCUT2D eigenvalue weighted by molar-refractivity contribution is 5.88. The molecule has 1 N–H and O–H groups in total. The van der Waals surface area contributed by atoms with Gasteiger partial charge in [-0.2, -0.15) is 0 Å². The van der Waals surface area contributed by atoms with Gasteiger partial charge in [0.25, 0.3) is 0 Å². The Kier molecular flexibility index (Phi) is 3.71. The molecule has 1 rings (SSSR count). The van der Waals surface area contributed by atoms with E-state index in [2.05, 4.69) is 4.98 Å². The third-order valence-electron chi connectivity index (χ3n) is 1.79. The molecule has 0 unspecified atom stereocenters. The summed E-state index contributed by atoms with van der Waals surface area (Å²) in [6.07, 6.45) is 0.535. The maximum absolute atomic E-state index is 11.4. The first kappa shape index (κ1) is 11.6. The van der Waals surface area contributed by atoms with Crippen molar-refractivity contribution < 1.29 is 13.9 Å². The molecule has 0 bridgehead atoms. The van der Waals surface area contributed by atoms with Gasteiger partial charge in [0.05, 0.1) is 6.61 Å². The first-order valence-electron chi connectivity index (χ1n) is 4.93. The summed E-state index contributed by atoms with van der Waals surface area (Å²) in [4.78, 5) is 24.7. The second-order valence-corrected chi connectivity index (χ2v) is 3.63. The van der Waals surface area contributed by atoms with Crippen LogP contribution in [-0.2, 0) is 11.2 Å². The van der Waals surface area contributed by atoms with Crippen LogP contribution < -0.4 is 5.76 Å². The van der Waals surface area contributed by atoms with E-state index in [1.807, 2.05) is 13.8 Å².